The van der Waals surface area contributed by atoms with E-state index in [1.807, 2.05) is 32.3 Å². The summed E-state index contributed by atoms with van der Waals surface area (Å²) in [6.07, 6.45) is 3.67. The van der Waals surface area contributed by atoms with Gasteiger partial charge in [-0.3, -0.25) is 4.98 Å². The lowest BCUT2D eigenvalue weighted by Gasteiger charge is -2.09. The van der Waals surface area contributed by atoms with E-state index in [0.717, 1.165) is 17.5 Å². The zero-order valence-electron chi connectivity index (χ0n) is 10.9. The van der Waals surface area contributed by atoms with Crippen molar-refractivity contribution in [3.63, 3.8) is 0 Å². The standard InChI is InChI=1S/C13H17N5/c1-9-4-5-15-7-11(9)8-16-13-6-12(14-3)17-10(2)18-13/h4-7H,8H2,1-3H3,(H2,14,16,17,18). The lowest BCUT2D eigenvalue weighted by Crippen LogP contribution is -2.06. The summed E-state index contributed by atoms with van der Waals surface area (Å²) in [5.74, 6) is 2.37. The lowest BCUT2D eigenvalue weighted by molar-refractivity contribution is 1.01. The molecular weight excluding hydrogens is 226 g/mol. The second kappa shape index (κ2) is 5.44. The van der Waals surface area contributed by atoms with Gasteiger partial charge in [-0.2, -0.15) is 0 Å². The highest BCUT2D eigenvalue weighted by Gasteiger charge is 2.02. The van der Waals surface area contributed by atoms with Crippen LogP contribution in [0.3, 0.4) is 0 Å². The summed E-state index contributed by atoms with van der Waals surface area (Å²) < 4.78 is 0. The molecule has 2 aromatic heterocycles. The van der Waals surface area contributed by atoms with Crippen molar-refractivity contribution in [3.8, 4) is 0 Å². The minimum Gasteiger partial charge on any atom is -0.373 e. The number of rotatable bonds is 4. The van der Waals surface area contributed by atoms with Crippen LogP contribution in [-0.2, 0) is 6.54 Å². The average Bonchev–Trinajstić information content (AvgIpc) is 2.37. The molecule has 0 saturated heterocycles. The fourth-order valence-electron chi connectivity index (χ4n) is 1.65. The maximum absolute atomic E-state index is 4.34. The van der Waals surface area contributed by atoms with Gasteiger partial charge in [0.15, 0.2) is 0 Å². The van der Waals surface area contributed by atoms with Gasteiger partial charge in [0.2, 0.25) is 0 Å². The smallest absolute Gasteiger partial charge is 0.132 e. The number of anilines is 2. The molecule has 0 spiro atoms. The third kappa shape index (κ3) is 2.94. The molecule has 0 aliphatic heterocycles. The van der Waals surface area contributed by atoms with Gasteiger partial charge in [-0.05, 0) is 31.0 Å². The van der Waals surface area contributed by atoms with E-state index in [9.17, 15) is 0 Å². The zero-order chi connectivity index (χ0) is 13.0. The first-order chi connectivity index (χ1) is 8.69. The van der Waals surface area contributed by atoms with E-state index in [-0.39, 0.29) is 0 Å². The number of hydrogen-bond donors (Lipinski definition) is 2. The predicted octanol–water partition coefficient (Wildman–Crippen LogP) is 2.14. The third-order valence-corrected chi connectivity index (χ3v) is 2.70. The van der Waals surface area contributed by atoms with Gasteiger partial charge in [-0.15, -0.1) is 0 Å². The van der Waals surface area contributed by atoms with E-state index in [2.05, 4.69) is 32.5 Å². The average molecular weight is 243 g/mol. The summed E-state index contributed by atoms with van der Waals surface area (Å²) in [7, 11) is 1.84. The quantitative estimate of drug-likeness (QED) is 0.861. The molecule has 94 valence electrons. The number of aryl methyl sites for hydroxylation is 2. The Kier molecular flexibility index (Phi) is 3.72. The molecule has 2 heterocycles. The monoisotopic (exact) mass is 243 g/mol. The van der Waals surface area contributed by atoms with Crippen molar-refractivity contribution in [1.29, 1.82) is 0 Å². The van der Waals surface area contributed by atoms with E-state index in [4.69, 9.17) is 0 Å². The highest BCUT2D eigenvalue weighted by molar-refractivity contribution is 5.47. The minimum absolute atomic E-state index is 0.708. The first-order valence-corrected chi connectivity index (χ1v) is 5.86. The molecule has 0 unspecified atom stereocenters. The third-order valence-electron chi connectivity index (χ3n) is 2.70. The minimum atomic E-state index is 0.708. The van der Waals surface area contributed by atoms with Crippen LogP contribution < -0.4 is 10.6 Å². The summed E-state index contributed by atoms with van der Waals surface area (Å²) in [4.78, 5) is 12.7. The van der Waals surface area contributed by atoms with Crippen molar-refractivity contribution in [1.82, 2.24) is 15.0 Å². The fourth-order valence-corrected chi connectivity index (χ4v) is 1.65. The zero-order valence-corrected chi connectivity index (χ0v) is 10.9. The highest BCUT2D eigenvalue weighted by atomic mass is 15.1. The molecule has 0 aliphatic rings. The molecule has 2 rings (SSSR count). The van der Waals surface area contributed by atoms with E-state index in [1.165, 1.54) is 11.1 Å². The Bertz CT molecular complexity index is 539. The molecule has 2 N–H and O–H groups in total. The second-order valence-electron chi connectivity index (χ2n) is 4.09. The van der Waals surface area contributed by atoms with E-state index >= 15 is 0 Å². The van der Waals surface area contributed by atoms with Gasteiger partial charge in [-0.25, -0.2) is 9.97 Å². The van der Waals surface area contributed by atoms with Gasteiger partial charge in [0.05, 0.1) is 0 Å². The van der Waals surface area contributed by atoms with Crippen LogP contribution in [0.1, 0.15) is 17.0 Å². The summed E-state index contributed by atoms with van der Waals surface area (Å²) in [5, 5.41) is 6.30. The summed E-state index contributed by atoms with van der Waals surface area (Å²) in [6.45, 7) is 4.66. The van der Waals surface area contributed by atoms with E-state index in [1.54, 1.807) is 6.20 Å². The molecule has 0 atom stereocenters. The Balaban J connectivity index is 2.11. The number of nitrogens with one attached hydrogen (secondary N) is 2. The number of hydrogen-bond acceptors (Lipinski definition) is 5. The van der Waals surface area contributed by atoms with Gasteiger partial charge in [0.1, 0.15) is 17.5 Å². The van der Waals surface area contributed by atoms with Gasteiger partial charge >= 0.3 is 0 Å². The molecule has 0 fully saturated rings. The highest BCUT2D eigenvalue weighted by Crippen LogP contribution is 2.12. The van der Waals surface area contributed by atoms with Crippen molar-refractivity contribution in [3.05, 3.63) is 41.5 Å². The van der Waals surface area contributed by atoms with E-state index < -0.39 is 0 Å². The van der Waals surface area contributed by atoms with Crippen LogP contribution in [0.2, 0.25) is 0 Å². The normalized spacial score (nSPS) is 10.2. The van der Waals surface area contributed by atoms with Crippen molar-refractivity contribution in [2.75, 3.05) is 17.7 Å². The fraction of sp³-hybridized carbons (Fsp3) is 0.308. The number of pyridine rings is 1. The van der Waals surface area contributed by atoms with Crippen LogP contribution >= 0.6 is 0 Å². The molecule has 0 saturated carbocycles. The van der Waals surface area contributed by atoms with Gasteiger partial charge < -0.3 is 10.6 Å². The Labute approximate surface area is 107 Å². The molecule has 0 radical (unpaired) electrons. The molecule has 2 aromatic rings. The molecule has 5 nitrogen and oxygen atoms in total. The van der Waals surface area contributed by atoms with Crippen LogP contribution in [0.25, 0.3) is 0 Å². The van der Waals surface area contributed by atoms with Gasteiger partial charge in [0.25, 0.3) is 0 Å². The molecule has 18 heavy (non-hydrogen) atoms. The second-order valence-corrected chi connectivity index (χ2v) is 4.09. The maximum atomic E-state index is 4.34. The summed E-state index contributed by atoms with van der Waals surface area (Å²) >= 11 is 0. The van der Waals surface area contributed by atoms with Crippen LogP contribution in [0.5, 0.6) is 0 Å². The Morgan fingerprint density at radius 2 is 1.94 bits per heavy atom. The first-order valence-electron chi connectivity index (χ1n) is 5.86. The molecule has 0 bridgehead atoms. The molecule has 0 aromatic carbocycles. The number of aromatic nitrogens is 3. The topological polar surface area (TPSA) is 62.7 Å². The molecular formula is C13H17N5. The first kappa shape index (κ1) is 12.3. The van der Waals surface area contributed by atoms with Crippen molar-refractivity contribution in [2.45, 2.75) is 20.4 Å². The van der Waals surface area contributed by atoms with Gasteiger partial charge in [0, 0.05) is 32.1 Å². The molecule has 0 aliphatic carbocycles. The van der Waals surface area contributed by atoms with Crippen molar-refractivity contribution in [2.24, 2.45) is 0 Å². The van der Waals surface area contributed by atoms with Crippen molar-refractivity contribution >= 4 is 11.6 Å². The van der Waals surface area contributed by atoms with Crippen LogP contribution in [0.4, 0.5) is 11.6 Å². The Morgan fingerprint density at radius 3 is 2.67 bits per heavy atom. The SMILES string of the molecule is CNc1cc(NCc2cnccc2C)nc(C)n1. The van der Waals surface area contributed by atoms with Crippen LogP contribution in [0.15, 0.2) is 24.5 Å². The molecule has 5 heteroatoms. The predicted molar refractivity (Wildman–Crippen MR) is 72.6 cm³/mol. The molecule has 0 amide bonds. The van der Waals surface area contributed by atoms with Gasteiger partial charge in [-0.1, -0.05) is 0 Å². The van der Waals surface area contributed by atoms with Crippen molar-refractivity contribution < 1.29 is 0 Å². The van der Waals surface area contributed by atoms with Crippen LogP contribution in [-0.4, -0.2) is 22.0 Å². The summed E-state index contributed by atoms with van der Waals surface area (Å²) in [5.41, 5.74) is 2.39. The summed E-state index contributed by atoms with van der Waals surface area (Å²) in [6, 6.07) is 3.89. The van der Waals surface area contributed by atoms with Crippen LogP contribution in [0, 0.1) is 13.8 Å². The number of nitrogens with zero attached hydrogens (tertiary/aromatic N) is 3. The Hall–Kier alpha value is -2.17. The lowest BCUT2D eigenvalue weighted by atomic mass is 10.1. The largest absolute Gasteiger partial charge is 0.373 e. The maximum Gasteiger partial charge on any atom is 0.132 e. The van der Waals surface area contributed by atoms with E-state index in [0.29, 0.717) is 6.54 Å². The Morgan fingerprint density at radius 1 is 1.17 bits per heavy atom.